The number of urea groups is 1. The van der Waals surface area contributed by atoms with Crippen LogP contribution in [0.25, 0.3) is 16.7 Å². The number of alkyl halides is 3. The summed E-state index contributed by atoms with van der Waals surface area (Å²) < 4.78 is 39.6. The number of nitrogens with one attached hydrogen (secondary N) is 1. The number of halogens is 4. The first-order valence-corrected chi connectivity index (χ1v) is 10.0. The van der Waals surface area contributed by atoms with Gasteiger partial charge in [0.2, 0.25) is 0 Å². The number of hydrogen-bond donors (Lipinski definition) is 1. The summed E-state index contributed by atoms with van der Waals surface area (Å²) in [6.07, 6.45) is 3.94. The van der Waals surface area contributed by atoms with E-state index in [2.05, 4.69) is 20.4 Å². The molecule has 0 aliphatic carbocycles. The van der Waals surface area contributed by atoms with E-state index < -0.39 is 17.8 Å². The number of anilines is 1. The number of rotatable bonds is 3. The van der Waals surface area contributed by atoms with Crippen molar-refractivity contribution in [2.24, 2.45) is 7.05 Å². The summed E-state index contributed by atoms with van der Waals surface area (Å²) >= 11 is 6.46. The van der Waals surface area contributed by atoms with E-state index in [-0.39, 0.29) is 5.82 Å². The Morgan fingerprint density at radius 2 is 1.97 bits per heavy atom. The molecule has 32 heavy (non-hydrogen) atoms. The third-order valence-corrected chi connectivity index (χ3v) is 5.29. The molecular formula is C21H18ClF3N6O. The van der Waals surface area contributed by atoms with Crippen LogP contribution in [0.3, 0.4) is 0 Å². The number of carbonyl (C=O) groups excluding carboxylic acids is 1. The molecule has 0 fully saturated rings. The van der Waals surface area contributed by atoms with Crippen LogP contribution in [0.5, 0.6) is 0 Å². The lowest BCUT2D eigenvalue weighted by Gasteiger charge is -2.26. The van der Waals surface area contributed by atoms with Crippen molar-refractivity contribution in [3.63, 3.8) is 0 Å². The molecule has 1 N–H and O–H groups in total. The molecule has 0 saturated heterocycles. The molecule has 7 nitrogen and oxygen atoms in total. The zero-order chi connectivity index (χ0) is 22.9. The Balaban J connectivity index is 1.40. The van der Waals surface area contributed by atoms with Crippen LogP contribution >= 0.6 is 11.6 Å². The van der Waals surface area contributed by atoms with Gasteiger partial charge in [0, 0.05) is 49.9 Å². The largest absolute Gasteiger partial charge is 0.417 e. The van der Waals surface area contributed by atoms with Gasteiger partial charge in [-0.1, -0.05) is 17.7 Å². The van der Waals surface area contributed by atoms with E-state index in [0.717, 1.165) is 28.8 Å². The van der Waals surface area contributed by atoms with Crippen LogP contribution in [0.4, 0.5) is 23.8 Å². The highest BCUT2D eigenvalue weighted by molar-refractivity contribution is 6.32. The third-order valence-electron chi connectivity index (χ3n) is 5.01. The molecule has 0 spiro atoms. The number of nitrogens with zero attached hydrogens (tertiary/aromatic N) is 5. The maximum Gasteiger partial charge on any atom is 0.417 e. The normalized spacial score (nSPS) is 14.3. The quantitative estimate of drug-likeness (QED) is 0.602. The fraction of sp³-hybridized carbons (Fsp3) is 0.238. The predicted molar refractivity (Wildman–Crippen MR) is 114 cm³/mol. The summed E-state index contributed by atoms with van der Waals surface area (Å²) in [6, 6.07) is 3.38. The summed E-state index contributed by atoms with van der Waals surface area (Å²) in [5, 5.41) is 7.16. The van der Waals surface area contributed by atoms with E-state index in [4.69, 9.17) is 11.6 Å². The van der Waals surface area contributed by atoms with Crippen LogP contribution < -0.4 is 5.32 Å². The Morgan fingerprint density at radius 3 is 2.53 bits per heavy atom. The van der Waals surface area contributed by atoms with Crippen molar-refractivity contribution < 1.29 is 18.0 Å². The van der Waals surface area contributed by atoms with E-state index in [9.17, 15) is 18.0 Å². The maximum atomic E-state index is 12.6. The van der Waals surface area contributed by atoms with Crippen molar-refractivity contribution in [3.8, 4) is 11.1 Å². The van der Waals surface area contributed by atoms with Gasteiger partial charge in [-0.25, -0.2) is 9.78 Å². The van der Waals surface area contributed by atoms with Gasteiger partial charge in [0.15, 0.2) is 0 Å². The zero-order valence-corrected chi connectivity index (χ0v) is 17.7. The maximum absolute atomic E-state index is 12.6. The van der Waals surface area contributed by atoms with Crippen LogP contribution in [-0.2, 0) is 13.2 Å². The molecule has 4 rings (SSSR count). The van der Waals surface area contributed by atoms with Gasteiger partial charge in [0.1, 0.15) is 5.82 Å². The summed E-state index contributed by atoms with van der Waals surface area (Å²) in [7, 11) is 1.83. The number of aryl methyl sites for hydroxylation is 1. The van der Waals surface area contributed by atoms with Gasteiger partial charge in [-0.2, -0.15) is 18.3 Å². The van der Waals surface area contributed by atoms with E-state index in [1.54, 1.807) is 17.1 Å². The highest BCUT2D eigenvalue weighted by atomic mass is 35.5. The number of amides is 2. The Kier molecular flexibility index (Phi) is 5.88. The Hall–Kier alpha value is -3.40. The molecule has 0 aromatic carbocycles. The second-order valence-electron chi connectivity index (χ2n) is 7.24. The Morgan fingerprint density at radius 1 is 1.16 bits per heavy atom. The van der Waals surface area contributed by atoms with Gasteiger partial charge in [-0.3, -0.25) is 15.0 Å². The predicted octanol–water partition coefficient (Wildman–Crippen LogP) is 4.87. The van der Waals surface area contributed by atoms with Gasteiger partial charge >= 0.3 is 12.2 Å². The van der Waals surface area contributed by atoms with E-state index in [1.165, 1.54) is 4.90 Å². The van der Waals surface area contributed by atoms with Crippen molar-refractivity contribution in [1.29, 1.82) is 0 Å². The molecule has 1 aliphatic heterocycles. The summed E-state index contributed by atoms with van der Waals surface area (Å²) in [5.41, 5.74) is 2.47. The van der Waals surface area contributed by atoms with Crippen LogP contribution in [0.15, 0.2) is 49.1 Å². The number of carbonyl (C=O) groups is 1. The molecule has 0 unspecified atom stereocenters. The second kappa shape index (κ2) is 8.62. The van der Waals surface area contributed by atoms with Crippen molar-refractivity contribution in [3.05, 3.63) is 65.3 Å². The minimum absolute atomic E-state index is 0.0495. The van der Waals surface area contributed by atoms with Crippen LogP contribution in [-0.4, -0.2) is 43.8 Å². The van der Waals surface area contributed by atoms with Crippen molar-refractivity contribution in [2.75, 3.05) is 18.4 Å². The Bertz CT molecular complexity index is 1170. The molecule has 166 valence electrons. The lowest BCUT2D eigenvalue weighted by atomic mass is 10.0. The monoisotopic (exact) mass is 462 g/mol. The van der Waals surface area contributed by atoms with Gasteiger partial charge in [0.25, 0.3) is 0 Å². The molecule has 4 heterocycles. The van der Waals surface area contributed by atoms with E-state index >= 15 is 0 Å². The fourth-order valence-electron chi connectivity index (χ4n) is 3.30. The van der Waals surface area contributed by atoms with E-state index in [0.29, 0.717) is 36.4 Å². The number of aromatic nitrogens is 4. The molecule has 1 aliphatic rings. The van der Waals surface area contributed by atoms with Crippen LogP contribution in [0.2, 0.25) is 5.02 Å². The third kappa shape index (κ3) is 4.75. The average Bonchev–Trinajstić information content (AvgIpc) is 3.20. The molecular weight excluding hydrogens is 445 g/mol. The standard InChI is InChI=1S/C21H18ClF3N6O/c1-30-12-15(10-28-30)14-8-17(22)19(27-9-14)13-4-6-31(7-5-13)20(32)29-18-3-2-16(11-26-18)21(23,24)25/h2-4,8-12H,5-7H2,1H3,(H,26,29,32). The first-order chi connectivity index (χ1) is 15.2. The average molecular weight is 463 g/mol. The fourth-order valence-corrected chi connectivity index (χ4v) is 3.58. The van der Waals surface area contributed by atoms with Gasteiger partial charge in [0.05, 0.1) is 22.5 Å². The van der Waals surface area contributed by atoms with Crippen molar-refractivity contribution in [1.82, 2.24) is 24.6 Å². The number of pyridine rings is 2. The number of hydrogen-bond acceptors (Lipinski definition) is 4. The Labute approximate surface area is 186 Å². The minimum atomic E-state index is -4.48. The highest BCUT2D eigenvalue weighted by Gasteiger charge is 2.30. The molecule has 0 bridgehead atoms. The van der Waals surface area contributed by atoms with Gasteiger partial charge < -0.3 is 4.90 Å². The minimum Gasteiger partial charge on any atom is -0.320 e. The highest BCUT2D eigenvalue weighted by Crippen LogP contribution is 2.31. The van der Waals surface area contributed by atoms with Gasteiger partial charge in [-0.15, -0.1) is 0 Å². The lowest BCUT2D eigenvalue weighted by Crippen LogP contribution is -2.38. The van der Waals surface area contributed by atoms with Crippen molar-refractivity contribution >= 4 is 29.0 Å². The first kappa shape index (κ1) is 21.8. The zero-order valence-electron chi connectivity index (χ0n) is 16.9. The van der Waals surface area contributed by atoms with Crippen LogP contribution in [0.1, 0.15) is 17.7 Å². The SMILES string of the molecule is Cn1cc(-c2cnc(C3=CCN(C(=O)Nc4ccc(C(F)(F)F)cn4)CC3)c(Cl)c2)cn1. The molecule has 0 atom stereocenters. The van der Waals surface area contributed by atoms with Crippen molar-refractivity contribution in [2.45, 2.75) is 12.6 Å². The van der Waals surface area contributed by atoms with Crippen LogP contribution in [0, 0.1) is 0 Å². The molecule has 3 aromatic heterocycles. The smallest absolute Gasteiger partial charge is 0.320 e. The summed E-state index contributed by atoms with van der Waals surface area (Å²) in [4.78, 5) is 22.1. The van der Waals surface area contributed by atoms with E-state index in [1.807, 2.05) is 25.4 Å². The van der Waals surface area contributed by atoms with Gasteiger partial charge in [-0.05, 0) is 30.2 Å². The molecule has 0 saturated carbocycles. The topological polar surface area (TPSA) is 75.9 Å². The molecule has 2 amide bonds. The first-order valence-electron chi connectivity index (χ1n) is 9.64. The second-order valence-corrected chi connectivity index (χ2v) is 7.65. The molecule has 11 heteroatoms. The lowest BCUT2D eigenvalue weighted by molar-refractivity contribution is -0.137. The molecule has 3 aromatic rings. The molecule has 0 radical (unpaired) electrons. The summed E-state index contributed by atoms with van der Waals surface area (Å²) in [5.74, 6) is 0.0495. The summed E-state index contributed by atoms with van der Waals surface area (Å²) in [6.45, 7) is 0.713.